The second-order valence-corrected chi connectivity index (χ2v) is 18.1. The van der Waals surface area contributed by atoms with E-state index in [1.54, 1.807) is 0 Å². The molecule has 3 rings (SSSR count). The summed E-state index contributed by atoms with van der Waals surface area (Å²) in [5, 5.41) is 0.128. The number of nitrogens with one attached hydrogen (secondary N) is 1. The van der Waals surface area contributed by atoms with Crippen LogP contribution >= 0.6 is 0 Å². The van der Waals surface area contributed by atoms with E-state index in [2.05, 4.69) is 95.8 Å². The Kier molecular flexibility index (Phi) is 12.2. The Balaban J connectivity index is 1.97. The molecule has 0 aliphatic rings. The molecule has 0 aliphatic carbocycles. The molecule has 0 aliphatic heterocycles. The number of benzene rings is 1. The Morgan fingerprint density at radius 2 is 1.52 bits per heavy atom. The van der Waals surface area contributed by atoms with Crippen LogP contribution in [-0.4, -0.2) is 23.3 Å². The van der Waals surface area contributed by atoms with Crippen LogP contribution in [0.3, 0.4) is 0 Å². The van der Waals surface area contributed by atoms with Crippen LogP contribution in [0.4, 0.5) is 0 Å². The van der Waals surface area contributed by atoms with Gasteiger partial charge in [0, 0.05) is 30.3 Å². The number of nitrogens with zero attached hydrogens (tertiary/aromatic N) is 2. The number of H-pyrrole nitrogens is 1. The van der Waals surface area contributed by atoms with Gasteiger partial charge in [-0.05, 0) is 85.0 Å². The molecule has 0 unspecified atom stereocenters. The van der Waals surface area contributed by atoms with Crippen molar-refractivity contribution in [1.82, 2.24) is 15.0 Å². The fourth-order valence-electron chi connectivity index (χ4n) is 5.09. The molecule has 3 aromatic rings. The van der Waals surface area contributed by atoms with Crippen molar-refractivity contribution in [3.63, 3.8) is 0 Å². The summed E-state index contributed by atoms with van der Waals surface area (Å²) < 4.78 is 6.98. The van der Waals surface area contributed by atoms with Crippen LogP contribution in [0.1, 0.15) is 119 Å². The Bertz CT molecular complexity index is 1330. The lowest BCUT2D eigenvalue weighted by molar-refractivity contribution is 0.480. The molecule has 0 bridgehead atoms. The quantitative estimate of drug-likeness (QED) is 0.180. The average Bonchev–Trinajstić information content (AvgIpc) is 2.94. The van der Waals surface area contributed by atoms with Gasteiger partial charge in [-0.25, -0.2) is 4.98 Å². The lowest BCUT2D eigenvalue weighted by Crippen LogP contribution is -2.44. The van der Waals surface area contributed by atoms with Gasteiger partial charge >= 0.3 is 0 Å². The van der Waals surface area contributed by atoms with Gasteiger partial charge in [-0.15, -0.1) is 0 Å². The Labute approximate surface area is 256 Å². The number of unbranched alkanes of at least 4 members (excludes halogenated alkanes) is 1. The highest BCUT2D eigenvalue weighted by Crippen LogP contribution is 2.40. The molecule has 1 N–H and O–H groups in total. The first kappa shape index (κ1) is 33.8. The minimum Gasteiger partial charge on any atom is -0.543 e. The number of hydrogen-bond acceptors (Lipinski definition) is 4. The third kappa shape index (κ3) is 8.89. The lowest BCUT2D eigenvalue weighted by atomic mass is 9.94. The first-order chi connectivity index (χ1) is 19.9. The van der Waals surface area contributed by atoms with Crippen molar-refractivity contribution in [2.45, 2.75) is 137 Å². The normalized spacial score (nSPS) is 12.1. The highest BCUT2D eigenvalue weighted by Gasteiger charge is 2.39. The maximum Gasteiger partial charge on any atom is 0.254 e. The van der Waals surface area contributed by atoms with Crippen molar-refractivity contribution in [2.24, 2.45) is 0 Å². The predicted octanol–water partition coefficient (Wildman–Crippen LogP) is 8.73. The Morgan fingerprint density at radius 1 is 0.857 bits per heavy atom. The van der Waals surface area contributed by atoms with Crippen molar-refractivity contribution in [1.29, 1.82) is 0 Å². The minimum atomic E-state index is -2.00. The standard InChI is InChI=1S/C36H55N3O2Si/c1-10-14-17-32-31(35(40)39-33(38-32)21-20-30-19-18-26(13-4)25-37-30)24-27-22-28(15-11-2)34(29(23-27)16-12-3)41-42(8,9)36(5,6)7/h18-19,22-23,25H,10-17,20-21,24H2,1-9H3,(H,38,39,40). The third-order valence-electron chi connectivity index (χ3n) is 8.72. The second kappa shape index (κ2) is 15.1. The summed E-state index contributed by atoms with van der Waals surface area (Å²) in [6.45, 7) is 20.3. The van der Waals surface area contributed by atoms with Crippen LogP contribution in [0.25, 0.3) is 0 Å². The van der Waals surface area contributed by atoms with Gasteiger partial charge in [0.15, 0.2) is 0 Å². The molecule has 0 spiro atoms. The zero-order valence-corrected chi connectivity index (χ0v) is 28.9. The summed E-state index contributed by atoms with van der Waals surface area (Å²) in [7, 11) is -2.00. The molecule has 0 saturated heterocycles. The van der Waals surface area contributed by atoms with Crippen LogP contribution < -0.4 is 9.99 Å². The number of aryl methyl sites for hydroxylation is 6. The summed E-state index contributed by atoms with van der Waals surface area (Å²) in [5.41, 5.74) is 7.75. The fraction of sp³-hybridized carbons (Fsp3) is 0.583. The first-order valence-corrected chi connectivity index (χ1v) is 19.2. The van der Waals surface area contributed by atoms with Gasteiger partial charge in [0.2, 0.25) is 0 Å². The van der Waals surface area contributed by atoms with Crippen LogP contribution in [-0.2, 0) is 44.9 Å². The summed E-state index contributed by atoms with van der Waals surface area (Å²) in [6, 6.07) is 8.82. The molecule has 6 heteroatoms. The molecule has 0 amide bonds. The van der Waals surface area contributed by atoms with Gasteiger partial charge in [0.05, 0.1) is 5.69 Å². The molecule has 2 aromatic heterocycles. The second-order valence-electron chi connectivity index (χ2n) is 13.3. The van der Waals surface area contributed by atoms with E-state index >= 15 is 0 Å². The van der Waals surface area contributed by atoms with Gasteiger partial charge in [-0.3, -0.25) is 9.78 Å². The van der Waals surface area contributed by atoms with Gasteiger partial charge < -0.3 is 9.41 Å². The molecule has 230 valence electrons. The average molecular weight is 590 g/mol. The fourth-order valence-corrected chi connectivity index (χ4v) is 6.17. The first-order valence-electron chi connectivity index (χ1n) is 16.3. The van der Waals surface area contributed by atoms with Gasteiger partial charge in [0.25, 0.3) is 13.9 Å². The smallest absolute Gasteiger partial charge is 0.254 e. The van der Waals surface area contributed by atoms with Crippen LogP contribution in [0.5, 0.6) is 5.75 Å². The van der Waals surface area contributed by atoms with Crippen molar-refractivity contribution in [3.8, 4) is 5.75 Å². The topological polar surface area (TPSA) is 67.9 Å². The zero-order valence-electron chi connectivity index (χ0n) is 27.9. The summed E-state index contributed by atoms with van der Waals surface area (Å²) in [6.07, 6.45) is 11.9. The van der Waals surface area contributed by atoms with E-state index in [4.69, 9.17) is 9.41 Å². The molecule has 2 heterocycles. The van der Waals surface area contributed by atoms with Gasteiger partial charge in [-0.1, -0.05) is 85.9 Å². The maximum atomic E-state index is 13.6. The molecular formula is C36H55N3O2Si. The molecule has 0 atom stereocenters. The summed E-state index contributed by atoms with van der Waals surface area (Å²) in [5.74, 6) is 1.86. The number of hydrogen-bond donors (Lipinski definition) is 1. The van der Waals surface area contributed by atoms with E-state index in [1.807, 2.05) is 6.20 Å². The third-order valence-corrected chi connectivity index (χ3v) is 13.0. The van der Waals surface area contributed by atoms with E-state index < -0.39 is 8.32 Å². The molecule has 1 aromatic carbocycles. The van der Waals surface area contributed by atoms with Gasteiger partial charge in [0.1, 0.15) is 11.6 Å². The van der Waals surface area contributed by atoms with Crippen molar-refractivity contribution < 1.29 is 4.43 Å². The molecule has 5 nitrogen and oxygen atoms in total. The van der Waals surface area contributed by atoms with Crippen molar-refractivity contribution in [2.75, 3.05) is 0 Å². The number of rotatable bonds is 15. The van der Waals surface area contributed by atoms with Crippen molar-refractivity contribution in [3.05, 3.63) is 85.8 Å². The van der Waals surface area contributed by atoms with Crippen LogP contribution in [0, 0.1) is 0 Å². The Morgan fingerprint density at radius 3 is 2.05 bits per heavy atom. The Hall–Kier alpha value is -2.73. The van der Waals surface area contributed by atoms with Crippen LogP contribution in [0.15, 0.2) is 35.3 Å². The summed E-state index contributed by atoms with van der Waals surface area (Å²) >= 11 is 0. The van der Waals surface area contributed by atoms with E-state index in [0.29, 0.717) is 12.8 Å². The molecule has 0 radical (unpaired) electrons. The van der Waals surface area contributed by atoms with Crippen LogP contribution in [0.2, 0.25) is 18.1 Å². The number of pyridine rings is 1. The largest absolute Gasteiger partial charge is 0.543 e. The highest BCUT2D eigenvalue weighted by molar-refractivity contribution is 6.74. The van der Waals surface area contributed by atoms with E-state index in [9.17, 15) is 4.79 Å². The molecular weight excluding hydrogens is 535 g/mol. The highest BCUT2D eigenvalue weighted by atomic mass is 28.4. The molecule has 0 fully saturated rings. The monoisotopic (exact) mass is 589 g/mol. The molecule has 0 saturated carbocycles. The van der Waals surface area contributed by atoms with Crippen molar-refractivity contribution >= 4 is 8.32 Å². The van der Waals surface area contributed by atoms with E-state index in [1.165, 1.54) is 22.3 Å². The SMILES string of the molecule is CCCCc1nc(CCc2ccc(CC)cn2)[nH]c(=O)c1Cc1cc(CCC)c(O[Si](C)(C)C(C)(C)C)c(CCC)c1. The lowest BCUT2D eigenvalue weighted by Gasteiger charge is -2.38. The minimum absolute atomic E-state index is 0.00363. The zero-order chi connectivity index (χ0) is 30.9. The van der Waals surface area contributed by atoms with E-state index in [0.717, 1.165) is 86.3 Å². The summed E-state index contributed by atoms with van der Waals surface area (Å²) in [4.78, 5) is 26.3. The van der Waals surface area contributed by atoms with Gasteiger partial charge in [-0.2, -0.15) is 0 Å². The maximum absolute atomic E-state index is 13.6. The number of aromatic amines is 1. The number of aromatic nitrogens is 3. The van der Waals surface area contributed by atoms with E-state index in [-0.39, 0.29) is 10.6 Å². The predicted molar refractivity (Wildman–Crippen MR) is 180 cm³/mol. The molecule has 42 heavy (non-hydrogen) atoms.